The van der Waals surface area contributed by atoms with Crippen LogP contribution in [0.1, 0.15) is 25.7 Å². The summed E-state index contributed by atoms with van der Waals surface area (Å²) in [6, 6.07) is 4.37. The van der Waals surface area contributed by atoms with Gasteiger partial charge in [-0.05, 0) is 62.1 Å². The van der Waals surface area contributed by atoms with E-state index >= 15 is 0 Å². The van der Waals surface area contributed by atoms with Crippen molar-refractivity contribution >= 4 is 21.4 Å². The number of thiophene rings is 1. The van der Waals surface area contributed by atoms with Gasteiger partial charge in [-0.2, -0.15) is 0 Å². The van der Waals surface area contributed by atoms with Crippen molar-refractivity contribution in [3.63, 3.8) is 0 Å². The van der Waals surface area contributed by atoms with Crippen LogP contribution in [0.2, 0.25) is 0 Å². The lowest BCUT2D eigenvalue weighted by atomic mass is 9.75. The fraction of sp³-hybridized carbons (Fsp3) is 0.789. The molecule has 152 valence electrons. The summed E-state index contributed by atoms with van der Waals surface area (Å²) in [5, 5.41) is 1.81. The maximum atomic E-state index is 12.4. The van der Waals surface area contributed by atoms with Gasteiger partial charge in [0, 0.05) is 38.8 Å². The SMILES string of the molecule is COC[C@@H]1CCCN1C[C@@H]1CN2CC[C@H]1C[C@@H]2CNS(=O)(=O)c1cccs1. The Labute approximate surface area is 166 Å². The van der Waals surface area contributed by atoms with Gasteiger partial charge < -0.3 is 4.74 Å². The summed E-state index contributed by atoms with van der Waals surface area (Å²) in [5.41, 5.74) is 0. The van der Waals surface area contributed by atoms with E-state index in [4.69, 9.17) is 4.74 Å². The minimum Gasteiger partial charge on any atom is -0.383 e. The summed E-state index contributed by atoms with van der Waals surface area (Å²) in [6.45, 7) is 5.94. The predicted octanol–water partition coefficient (Wildman–Crippen LogP) is 1.85. The van der Waals surface area contributed by atoms with Crippen LogP contribution in [0, 0.1) is 11.8 Å². The van der Waals surface area contributed by atoms with Crippen molar-refractivity contribution in [2.45, 2.75) is 42.0 Å². The van der Waals surface area contributed by atoms with Gasteiger partial charge in [0.1, 0.15) is 4.21 Å². The molecular formula is C19H31N3O3S2. The lowest BCUT2D eigenvalue weighted by molar-refractivity contribution is -0.0156. The molecule has 4 saturated heterocycles. The Morgan fingerprint density at radius 1 is 1.30 bits per heavy atom. The zero-order valence-corrected chi connectivity index (χ0v) is 17.7. The fourth-order valence-electron chi connectivity index (χ4n) is 5.18. The first-order valence-corrected chi connectivity index (χ1v) is 12.4. The molecule has 8 heteroatoms. The van der Waals surface area contributed by atoms with E-state index in [0.717, 1.165) is 32.0 Å². The normalized spacial score (nSPS) is 34.3. The summed E-state index contributed by atoms with van der Waals surface area (Å²) in [4.78, 5) is 5.15. The van der Waals surface area contributed by atoms with E-state index in [1.54, 1.807) is 24.6 Å². The summed E-state index contributed by atoms with van der Waals surface area (Å²) < 4.78 is 33.4. The molecule has 0 aliphatic carbocycles. The van der Waals surface area contributed by atoms with Crippen LogP contribution >= 0.6 is 11.3 Å². The molecule has 5 heterocycles. The third-order valence-corrected chi connectivity index (χ3v) is 9.43. The molecule has 5 rings (SSSR count). The Kier molecular flexibility index (Phi) is 6.21. The largest absolute Gasteiger partial charge is 0.383 e. The molecule has 0 amide bonds. The van der Waals surface area contributed by atoms with Gasteiger partial charge in [0.2, 0.25) is 10.0 Å². The Hall–Kier alpha value is -0.510. The topological polar surface area (TPSA) is 61.9 Å². The Bertz CT molecular complexity index is 710. The molecule has 4 aliphatic heterocycles. The number of hydrogen-bond acceptors (Lipinski definition) is 6. The van der Waals surface area contributed by atoms with Crippen LogP contribution in [0.25, 0.3) is 0 Å². The maximum Gasteiger partial charge on any atom is 0.250 e. The van der Waals surface area contributed by atoms with E-state index in [0.29, 0.717) is 28.8 Å². The minimum absolute atomic E-state index is 0.336. The van der Waals surface area contributed by atoms with Crippen LogP contribution in [0.15, 0.2) is 21.7 Å². The number of fused-ring (bicyclic) bond motifs is 3. The van der Waals surface area contributed by atoms with Crippen molar-refractivity contribution in [3.05, 3.63) is 17.5 Å². The number of nitrogens with zero attached hydrogens (tertiary/aromatic N) is 2. The zero-order valence-electron chi connectivity index (χ0n) is 16.0. The number of ether oxygens (including phenoxy) is 1. The molecule has 4 aliphatic rings. The van der Waals surface area contributed by atoms with Gasteiger partial charge in [-0.25, -0.2) is 13.1 Å². The lowest BCUT2D eigenvalue weighted by Gasteiger charge is -2.51. The second-order valence-corrected chi connectivity index (χ2v) is 11.2. The van der Waals surface area contributed by atoms with Crippen molar-refractivity contribution in [1.82, 2.24) is 14.5 Å². The molecule has 0 radical (unpaired) electrons. The summed E-state index contributed by atoms with van der Waals surface area (Å²) in [7, 11) is -1.56. The van der Waals surface area contributed by atoms with E-state index in [-0.39, 0.29) is 0 Å². The quantitative estimate of drug-likeness (QED) is 0.705. The Morgan fingerprint density at radius 2 is 2.19 bits per heavy atom. The number of piperidine rings is 3. The average Bonchev–Trinajstić information content (AvgIpc) is 3.34. The van der Waals surface area contributed by atoms with Gasteiger partial charge in [-0.1, -0.05) is 6.07 Å². The fourth-order valence-corrected chi connectivity index (χ4v) is 7.29. The molecule has 6 nitrogen and oxygen atoms in total. The number of hydrogen-bond donors (Lipinski definition) is 1. The number of sulfonamides is 1. The average molecular weight is 414 g/mol. The van der Waals surface area contributed by atoms with E-state index in [1.807, 2.05) is 0 Å². The second kappa shape index (κ2) is 8.47. The first-order valence-electron chi connectivity index (χ1n) is 10.1. The first kappa shape index (κ1) is 19.8. The van der Waals surface area contributed by atoms with Gasteiger partial charge in [-0.3, -0.25) is 9.80 Å². The molecule has 0 spiro atoms. The van der Waals surface area contributed by atoms with Crippen LogP contribution in [0.4, 0.5) is 0 Å². The van der Waals surface area contributed by atoms with E-state index in [2.05, 4.69) is 14.5 Å². The molecule has 4 fully saturated rings. The highest BCUT2D eigenvalue weighted by Crippen LogP contribution is 2.37. The summed E-state index contributed by atoms with van der Waals surface area (Å²) in [6.07, 6.45) is 4.90. The molecular weight excluding hydrogens is 382 g/mol. The summed E-state index contributed by atoms with van der Waals surface area (Å²) in [5.74, 6) is 1.43. The monoisotopic (exact) mass is 413 g/mol. The van der Waals surface area contributed by atoms with Crippen LogP contribution in [0.3, 0.4) is 0 Å². The highest BCUT2D eigenvalue weighted by Gasteiger charge is 2.41. The van der Waals surface area contributed by atoms with Crippen molar-refractivity contribution in [1.29, 1.82) is 0 Å². The van der Waals surface area contributed by atoms with Crippen LogP contribution < -0.4 is 4.72 Å². The van der Waals surface area contributed by atoms with Gasteiger partial charge in [0.05, 0.1) is 6.61 Å². The van der Waals surface area contributed by atoms with Crippen molar-refractivity contribution in [2.75, 3.05) is 46.4 Å². The summed E-state index contributed by atoms with van der Waals surface area (Å²) >= 11 is 1.27. The standard InChI is InChI=1S/C19H31N3O3S2/c1-25-14-17-4-2-7-21(17)12-16-13-22-8-6-15(16)10-18(22)11-20-27(23,24)19-5-3-9-26-19/h3,5,9,15-18,20H,2,4,6-8,10-14H2,1H3/t15-,16+,17-,18+/m0/s1. The molecule has 0 aromatic carbocycles. The highest BCUT2D eigenvalue weighted by molar-refractivity contribution is 7.91. The predicted molar refractivity (Wildman–Crippen MR) is 108 cm³/mol. The number of methoxy groups -OCH3 is 1. The molecule has 1 aromatic rings. The van der Waals surface area contributed by atoms with Crippen LogP contribution in [-0.4, -0.2) is 76.7 Å². The molecule has 5 atom stereocenters. The van der Waals surface area contributed by atoms with E-state index in [9.17, 15) is 8.42 Å². The molecule has 2 bridgehead atoms. The zero-order chi connectivity index (χ0) is 18.9. The van der Waals surface area contributed by atoms with Gasteiger partial charge in [0.15, 0.2) is 0 Å². The Morgan fingerprint density at radius 3 is 2.89 bits per heavy atom. The maximum absolute atomic E-state index is 12.4. The lowest BCUT2D eigenvalue weighted by Crippen LogP contribution is -2.58. The third kappa shape index (κ3) is 4.41. The van der Waals surface area contributed by atoms with Crippen molar-refractivity contribution < 1.29 is 13.2 Å². The third-order valence-electron chi connectivity index (χ3n) is 6.61. The van der Waals surface area contributed by atoms with Gasteiger partial charge in [-0.15, -0.1) is 11.3 Å². The smallest absolute Gasteiger partial charge is 0.250 e. The molecule has 27 heavy (non-hydrogen) atoms. The Balaban J connectivity index is 1.31. The van der Waals surface area contributed by atoms with Crippen molar-refractivity contribution in [3.8, 4) is 0 Å². The van der Waals surface area contributed by atoms with Crippen molar-refractivity contribution in [2.24, 2.45) is 11.8 Å². The second-order valence-electron chi connectivity index (χ2n) is 8.22. The molecule has 1 aromatic heterocycles. The molecule has 0 saturated carbocycles. The van der Waals surface area contributed by atoms with Gasteiger partial charge >= 0.3 is 0 Å². The van der Waals surface area contributed by atoms with E-state index < -0.39 is 10.0 Å². The molecule has 1 N–H and O–H groups in total. The number of rotatable bonds is 8. The number of likely N-dealkylation sites (tertiary alicyclic amines) is 1. The van der Waals surface area contributed by atoms with Gasteiger partial charge in [0.25, 0.3) is 0 Å². The minimum atomic E-state index is -3.36. The van der Waals surface area contributed by atoms with Crippen LogP contribution in [-0.2, 0) is 14.8 Å². The number of nitrogens with one attached hydrogen (secondary N) is 1. The molecule has 1 unspecified atom stereocenters. The van der Waals surface area contributed by atoms with Crippen LogP contribution in [0.5, 0.6) is 0 Å². The first-order chi connectivity index (χ1) is 13.1. The highest BCUT2D eigenvalue weighted by atomic mass is 32.2. The van der Waals surface area contributed by atoms with E-state index in [1.165, 1.54) is 43.7 Å².